The molecular weight excluding hydrogens is 381 g/mol. The maximum absolute atomic E-state index is 13.8. The number of ether oxygens (including phenoxy) is 1. The molecule has 2 heterocycles. The van der Waals surface area contributed by atoms with Crippen LogP contribution in [0.4, 0.5) is 13.2 Å². The van der Waals surface area contributed by atoms with Crippen LogP contribution in [0.25, 0.3) is 11.4 Å². The van der Waals surface area contributed by atoms with Crippen molar-refractivity contribution < 1.29 is 17.9 Å². The Morgan fingerprint density at radius 3 is 2.69 bits per heavy atom. The number of nitrogens with zero attached hydrogens (tertiary/aromatic N) is 4. The van der Waals surface area contributed by atoms with Crippen LogP contribution in [0.15, 0.2) is 35.7 Å². The molecule has 1 aromatic carbocycles. The first-order valence-corrected chi connectivity index (χ1v) is 9.90. The van der Waals surface area contributed by atoms with E-state index < -0.39 is 24.9 Å². The van der Waals surface area contributed by atoms with Crippen molar-refractivity contribution in [3.63, 3.8) is 0 Å². The van der Waals surface area contributed by atoms with Gasteiger partial charge >= 0.3 is 0 Å². The van der Waals surface area contributed by atoms with E-state index in [1.54, 1.807) is 18.5 Å². The van der Waals surface area contributed by atoms with Crippen molar-refractivity contribution in [2.24, 2.45) is 5.10 Å². The molecule has 0 fully saturated rings. The Hall–Kier alpha value is -2.64. The average molecular weight is 406 g/mol. The summed E-state index contributed by atoms with van der Waals surface area (Å²) in [5.74, 6) is 0.225. The molecule has 1 aliphatic heterocycles. The van der Waals surface area contributed by atoms with E-state index in [9.17, 15) is 13.2 Å². The van der Waals surface area contributed by atoms with Crippen LogP contribution < -0.4 is 4.74 Å². The number of unbranched alkanes of at least 4 members (excludes halogenated alkanes) is 3. The van der Waals surface area contributed by atoms with Crippen molar-refractivity contribution >= 4 is 6.21 Å². The Bertz CT molecular complexity index is 814. The fourth-order valence-corrected chi connectivity index (χ4v) is 3.14. The first kappa shape index (κ1) is 21.1. The summed E-state index contributed by atoms with van der Waals surface area (Å²) < 4.78 is 44.6. The number of hydrazone groups is 1. The van der Waals surface area contributed by atoms with Gasteiger partial charge in [0.15, 0.2) is 11.9 Å². The fourth-order valence-electron chi connectivity index (χ4n) is 3.14. The lowest BCUT2D eigenvalue weighted by molar-refractivity contribution is 0.0854. The Balaban J connectivity index is 1.68. The van der Waals surface area contributed by atoms with Gasteiger partial charge in [-0.05, 0) is 30.5 Å². The summed E-state index contributed by atoms with van der Waals surface area (Å²) in [5, 5.41) is 5.14. The SMILES string of the molecule is CCCCCCc1cnc(-c2ccc(F)cc2OC2C=NN(CC(F)F)C2)nc1. The lowest BCUT2D eigenvalue weighted by atomic mass is 10.1. The van der Waals surface area contributed by atoms with Gasteiger partial charge in [0.2, 0.25) is 0 Å². The number of benzene rings is 1. The molecule has 1 unspecified atom stereocenters. The van der Waals surface area contributed by atoms with E-state index in [4.69, 9.17) is 4.74 Å². The second-order valence-electron chi connectivity index (χ2n) is 7.05. The molecule has 0 N–H and O–H groups in total. The molecule has 3 rings (SSSR count). The molecule has 1 aromatic heterocycles. The number of rotatable bonds is 10. The zero-order valence-electron chi connectivity index (χ0n) is 16.4. The highest BCUT2D eigenvalue weighted by Crippen LogP contribution is 2.29. The summed E-state index contributed by atoms with van der Waals surface area (Å²) in [6.45, 7) is 1.89. The van der Waals surface area contributed by atoms with Gasteiger partial charge in [-0.15, -0.1) is 0 Å². The van der Waals surface area contributed by atoms with Crippen LogP contribution in [0.1, 0.15) is 38.2 Å². The topological polar surface area (TPSA) is 50.6 Å². The lowest BCUT2D eigenvalue weighted by Crippen LogP contribution is -2.29. The van der Waals surface area contributed by atoms with E-state index in [0.29, 0.717) is 11.4 Å². The van der Waals surface area contributed by atoms with E-state index in [1.165, 1.54) is 42.6 Å². The van der Waals surface area contributed by atoms with Gasteiger partial charge in [-0.25, -0.2) is 23.1 Å². The van der Waals surface area contributed by atoms with Crippen LogP contribution >= 0.6 is 0 Å². The van der Waals surface area contributed by atoms with Gasteiger partial charge in [-0.2, -0.15) is 5.10 Å². The summed E-state index contributed by atoms with van der Waals surface area (Å²) >= 11 is 0. The van der Waals surface area contributed by atoms with Crippen molar-refractivity contribution in [3.05, 3.63) is 42.0 Å². The molecule has 0 amide bonds. The molecule has 0 bridgehead atoms. The third kappa shape index (κ3) is 6.17. The largest absolute Gasteiger partial charge is 0.482 e. The van der Waals surface area contributed by atoms with Crippen LogP contribution in [0.3, 0.4) is 0 Å². The standard InChI is InChI=1S/C21H25F3N4O/c1-2-3-4-5-6-15-10-25-21(26-11-15)18-8-7-16(22)9-19(18)29-17-12-27-28(13-17)14-20(23)24/h7-12,17,20H,2-6,13-14H2,1H3. The van der Waals surface area contributed by atoms with Gasteiger partial charge < -0.3 is 4.74 Å². The van der Waals surface area contributed by atoms with Crippen molar-refractivity contribution in [1.82, 2.24) is 15.0 Å². The molecule has 5 nitrogen and oxygen atoms in total. The molecule has 1 aliphatic rings. The molecule has 0 aliphatic carbocycles. The second kappa shape index (κ2) is 10.2. The third-order valence-corrected chi connectivity index (χ3v) is 4.62. The van der Waals surface area contributed by atoms with Gasteiger partial charge in [0.05, 0.1) is 24.9 Å². The highest BCUT2D eigenvalue weighted by atomic mass is 19.3. The molecule has 0 saturated carbocycles. The minimum absolute atomic E-state index is 0.178. The molecular formula is C21H25F3N4O. The summed E-state index contributed by atoms with van der Waals surface area (Å²) in [6, 6.07) is 4.13. The summed E-state index contributed by atoms with van der Waals surface area (Å²) in [5.41, 5.74) is 1.60. The number of alkyl halides is 2. The van der Waals surface area contributed by atoms with Crippen LogP contribution in [0, 0.1) is 5.82 Å². The zero-order valence-corrected chi connectivity index (χ0v) is 16.4. The van der Waals surface area contributed by atoms with Gasteiger partial charge in [0.25, 0.3) is 6.43 Å². The number of hydrogen-bond acceptors (Lipinski definition) is 5. The minimum atomic E-state index is -2.48. The molecule has 8 heteroatoms. The van der Waals surface area contributed by atoms with Crippen molar-refractivity contribution in [3.8, 4) is 17.1 Å². The smallest absolute Gasteiger partial charge is 0.257 e. The van der Waals surface area contributed by atoms with Crippen LogP contribution in [0.5, 0.6) is 5.75 Å². The van der Waals surface area contributed by atoms with E-state index in [-0.39, 0.29) is 12.3 Å². The first-order chi connectivity index (χ1) is 14.0. The summed E-state index contributed by atoms with van der Waals surface area (Å²) in [6.07, 6.45) is 7.57. The Kier molecular flexibility index (Phi) is 7.43. The molecule has 0 spiro atoms. The Morgan fingerprint density at radius 1 is 1.17 bits per heavy atom. The molecule has 29 heavy (non-hydrogen) atoms. The average Bonchev–Trinajstić information content (AvgIpc) is 3.12. The lowest BCUT2D eigenvalue weighted by Gasteiger charge is -2.17. The van der Waals surface area contributed by atoms with Crippen LogP contribution in [0.2, 0.25) is 0 Å². The van der Waals surface area contributed by atoms with E-state index >= 15 is 0 Å². The summed E-state index contributed by atoms with van der Waals surface area (Å²) in [4.78, 5) is 8.82. The van der Waals surface area contributed by atoms with Crippen molar-refractivity contribution in [2.75, 3.05) is 13.1 Å². The van der Waals surface area contributed by atoms with Gasteiger partial charge in [0, 0.05) is 18.5 Å². The third-order valence-electron chi connectivity index (χ3n) is 4.62. The van der Waals surface area contributed by atoms with Crippen molar-refractivity contribution in [2.45, 2.75) is 51.6 Å². The maximum atomic E-state index is 13.8. The van der Waals surface area contributed by atoms with E-state index in [1.807, 2.05) is 0 Å². The minimum Gasteiger partial charge on any atom is -0.482 e. The van der Waals surface area contributed by atoms with E-state index in [0.717, 1.165) is 18.4 Å². The highest BCUT2D eigenvalue weighted by molar-refractivity contribution is 5.68. The highest BCUT2D eigenvalue weighted by Gasteiger charge is 2.23. The summed E-state index contributed by atoms with van der Waals surface area (Å²) in [7, 11) is 0. The quantitative estimate of drug-likeness (QED) is 0.536. The van der Waals surface area contributed by atoms with Crippen LogP contribution in [-0.4, -0.2) is 46.8 Å². The predicted molar refractivity (Wildman–Crippen MR) is 106 cm³/mol. The number of aryl methyl sites for hydroxylation is 1. The fraction of sp³-hybridized carbons (Fsp3) is 0.476. The Labute approximate surface area is 168 Å². The second-order valence-corrected chi connectivity index (χ2v) is 7.05. The number of halogens is 3. The maximum Gasteiger partial charge on any atom is 0.257 e. The molecule has 1 atom stereocenters. The van der Waals surface area contributed by atoms with Crippen molar-refractivity contribution in [1.29, 1.82) is 0 Å². The molecule has 156 valence electrons. The Morgan fingerprint density at radius 2 is 1.97 bits per heavy atom. The number of aromatic nitrogens is 2. The van der Waals surface area contributed by atoms with Gasteiger partial charge in [-0.1, -0.05) is 26.2 Å². The molecule has 2 aromatic rings. The zero-order chi connectivity index (χ0) is 20.6. The monoisotopic (exact) mass is 406 g/mol. The molecule has 0 radical (unpaired) electrons. The van der Waals surface area contributed by atoms with Crippen LogP contribution in [-0.2, 0) is 6.42 Å². The van der Waals surface area contributed by atoms with E-state index in [2.05, 4.69) is 22.0 Å². The first-order valence-electron chi connectivity index (χ1n) is 9.90. The number of hydrogen-bond donors (Lipinski definition) is 0. The predicted octanol–water partition coefficient (Wildman–Crippen LogP) is 4.72. The molecule has 0 saturated heterocycles. The normalized spacial score (nSPS) is 16.0. The van der Waals surface area contributed by atoms with Gasteiger partial charge in [-0.3, -0.25) is 5.01 Å². The van der Waals surface area contributed by atoms with Gasteiger partial charge in [0.1, 0.15) is 11.6 Å².